The van der Waals surface area contributed by atoms with Crippen molar-refractivity contribution < 1.29 is 19.1 Å². The Bertz CT molecular complexity index is 1250. The molecule has 0 saturated heterocycles. The highest BCUT2D eigenvalue weighted by Gasteiger charge is 2.21. The van der Waals surface area contributed by atoms with Gasteiger partial charge in [0.25, 0.3) is 0 Å². The first kappa shape index (κ1) is 32.1. The molecule has 0 aliphatic rings. The van der Waals surface area contributed by atoms with Crippen molar-refractivity contribution in [3.8, 4) is 11.5 Å². The number of esters is 1. The van der Waals surface area contributed by atoms with Gasteiger partial charge in [0.05, 0.1) is 7.11 Å². The van der Waals surface area contributed by atoms with Crippen LogP contribution in [-0.2, 0) is 9.59 Å². The molecule has 0 amide bonds. The first-order valence-electron chi connectivity index (χ1n) is 15.2. The number of ether oxygens (including phenoxy) is 2. The van der Waals surface area contributed by atoms with Crippen LogP contribution < -0.4 is 9.47 Å². The van der Waals surface area contributed by atoms with Crippen molar-refractivity contribution >= 4 is 11.8 Å². The summed E-state index contributed by atoms with van der Waals surface area (Å²) in [6.45, 7) is 9.91. The lowest BCUT2D eigenvalue weighted by Crippen LogP contribution is -2.11. The molecule has 3 aromatic rings. The van der Waals surface area contributed by atoms with Crippen LogP contribution in [0.3, 0.4) is 0 Å². The van der Waals surface area contributed by atoms with Crippen molar-refractivity contribution in [2.45, 2.75) is 105 Å². The minimum Gasteiger partial charge on any atom is -0.496 e. The molecule has 1 unspecified atom stereocenters. The van der Waals surface area contributed by atoms with E-state index in [-0.39, 0.29) is 17.7 Å². The third kappa shape index (κ3) is 9.59. The summed E-state index contributed by atoms with van der Waals surface area (Å²) in [5.74, 6) is 1.79. The van der Waals surface area contributed by atoms with Crippen LogP contribution in [0.15, 0.2) is 54.6 Å². The SMILES string of the molecule is COc1c(C)cc(C(c2ccccc2)c2cc(C)c(OC(=O)CCCCCCCCCCC(C)=O)c(C)c2)cc1C. The summed E-state index contributed by atoms with van der Waals surface area (Å²) in [4.78, 5) is 23.7. The number of hydrogen-bond acceptors (Lipinski definition) is 4. The Morgan fingerprint density at radius 1 is 0.610 bits per heavy atom. The predicted molar refractivity (Wildman–Crippen MR) is 168 cm³/mol. The zero-order valence-electron chi connectivity index (χ0n) is 26.0. The van der Waals surface area contributed by atoms with Gasteiger partial charge in [-0.3, -0.25) is 4.79 Å². The van der Waals surface area contributed by atoms with Gasteiger partial charge in [-0.15, -0.1) is 0 Å². The van der Waals surface area contributed by atoms with Gasteiger partial charge in [-0.2, -0.15) is 0 Å². The first-order chi connectivity index (χ1) is 19.7. The molecule has 1 atom stereocenters. The fraction of sp³-hybridized carbons (Fsp3) is 0.459. The third-order valence-electron chi connectivity index (χ3n) is 7.84. The van der Waals surface area contributed by atoms with E-state index in [0.717, 1.165) is 60.1 Å². The highest BCUT2D eigenvalue weighted by Crippen LogP contribution is 2.38. The monoisotopic (exact) mass is 556 g/mol. The van der Waals surface area contributed by atoms with Crippen LogP contribution in [0.4, 0.5) is 0 Å². The zero-order chi connectivity index (χ0) is 29.8. The second-order valence-corrected chi connectivity index (χ2v) is 11.5. The van der Waals surface area contributed by atoms with Crippen molar-refractivity contribution in [2.75, 3.05) is 7.11 Å². The third-order valence-corrected chi connectivity index (χ3v) is 7.84. The second-order valence-electron chi connectivity index (χ2n) is 11.5. The van der Waals surface area contributed by atoms with E-state index >= 15 is 0 Å². The molecule has 0 N–H and O–H groups in total. The molecular formula is C37H48O4. The maximum Gasteiger partial charge on any atom is 0.311 e. The molecule has 3 rings (SSSR count). The summed E-state index contributed by atoms with van der Waals surface area (Å²) >= 11 is 0. The summed E-state index contributed by atoms with van der Waals surface area (Å²) < 4.78 is 11.5. The van der Waals surface area contributed by atoms with Crippen molar-refractivity contribution in [1.82, 2.24) is 0 Å². The number of Topliss-reactive ketones (excluding diaryl/α,β-unsaturated/α-hetero) is 1. The molecule has 0 spiro atoms. The topological polar surface area (TPSA) is 52.6 Å². The van der Waals surface area contributed by atoms with Gasteiger partial charge >= 0.3 is 5.97 Å². The van der Waals surface area contributed by atoms with E-state index in [1.165, 1.54) is 36.0 Å². The van der Waals surface area contributed by atoms with E-state index in [9.17, 15) is 9.59 Å². The van der Waals surface area contributed by atoms with E-state index in [1.54, 1.807) is 14.0 Å². The molecule has 0 saturated carbocycles. The molecule has 41 heavy (non-hydrogen) atoms. The quantitative estimate of drug-likeness (QED) is 0.0763. The van der Waals surface area contributed by atoms with E-state index < -0.39 is 0 Å². The smallest absolute Gasteiger partial charge is 0.311 e. The molecule has 0 radical (unpaired) electrons. The van der Waals surface area contributed by atoms with Gasteiger partial charge in [-0.25, -0.2) is 0 Å². The van der Waals surface area contributed by atoms with Crippen molar-refractivity contribution in [1.29, 1.82) is 0 Å². The van der Waals surface area contributed by atoms with Gasteiger partial charge in [-0.1, -0.05) is 93.1 Å². The molecule has 3 aromatic carbocycles. The highest BCUT2D eigenvalue weighted by atomic mass is 16.5. The minimum absolute atomic E-state index is 0.0517. The van der Waals surface area contributed by atoms with Crippen LogP contribution in [-0.4, -0.2) is 18.9 Å². The number of hydrogen-bond donors (Lipinski definition) is 0. The van der Waals surface area contributed by atoms with Crippen LogP contribution >= 0.6 is 0 Å². The summed E-state index contributed by atoms with van der Waals surface area (Å²) in [6.07, 6.45) is 9.89. The van der Waals surface area contributed by atoms with Gasteiger partial charge < -0.3 is 14.3 Å². The largest absolute Gasteiger partial charge is 0.496 e. The molecule has 0 heterocycles. The predicted octanol–water partition coefficient (Wildman–Crippen LogP) is 9.50. The lowest BCUT2D eigenvalue weighted by atomic mass is 9.82. The van der Waals surface area contributed by atoms with Crippen LogP contribution in [0.25, 0.3) is 0 Å². The lowest BCUT2D eigenvalue weighted by molar-refractivity contribution is -0.134. The Morgan fingerprint density at radius 2 is 1.05 bits per heavy atom. The Kier molecular flexibility index (Phi) is 12.6. The normalized spacial score (nSPS) is 11.8. The lowest BCUT2D eigenvalue weighted by Gasteiger charge is -2.23. The number of ketones is 1. The number of carbonyl (C=O) groups excluding carboxylic acids is 2. The Hall–Kier alpha value is -3.40. The highest BCUT2D eigenvalue weighted by molar-refractivity contribution is 5.75. The van der Waals surface area contributed by atoms with Crippen LogP contribution in [0.1, 0.15) is 116 Å². The number of unbranched alkanes of at least 4 members (excludes halogenated alkanes) is 7. The summed E-state index contributed by atoms with van der Waals surface area (Å²) in [7, 11) is 1.72. The fourth-order valence-electron chi connectivity index (χ4n) is 5.88. The summed E-state index contributed by atoms with van der Waals surface area (Å²) in [5.41, 5.74) is 7.79. The summed E-state index contributed by atoms with van der Waals surface area (Å²) in [6, 6.07) is 19.3. The molecule has 0 aliphatic heterocycles. The van der Waals surface area contributed by atoms with E-state index in [4.69, 9.17) is 9.47 Å². The van der Waals surface area contributed by atoms with E-state index in [0.29, 0.717) is 18.6 Å². The maximum atomic E-state index is 12.7. The zero-order valence-corrected chi connectivity index (χ0v) is 26.0. The number of benzene rings is 3. The molecule has 4 nitrogen and oxygen atoms in total. The molecule has 0 bridgehead atoms. The molecular weight excluding hydrogens is 508 g/mol. The van der Waals surface area contributed by atoms with Crippen molar-refractivity contribution in [2.24, 2.45) is 0 Å². The Balaban J connectivity index is 1.63. The Morgan fingerprint density at radius 3 is 1.51 bits per heavy atom. The molecule has 220 valence electrons. The average molecular weight is 557 g/mol. The first-order valence-corrected chi connectivity index (χ1v) is 15.2. The molecule has 4 heteroatoms. The van der Waals surface area contributed by atoms with Crippen LogP contribution in [0.5, 0.6) is 11.5 Å². The van der Waals surface area contributed by atoms with Crippen molar-refractivity contribution in [3.05, 3.63) is 93.5 Å². The number of aryl methyl sites for hydroxylation is 4. The number of carbonyl (C=O) groups is 2. The van der Waals surface area contributed by atoms with Gasteiger partial charge in [0, 0.05) is 18.8 Å². The number of rotatable bonds is 16. The van der Waals surface area contributed by atoms with Gasteiger partial charge in [0.15, 0.2) is 0 Å². The molecule has 0 fully saturated rings. The fourth-order valence-corrected chi connectivity index (χ4v) is 5.88. The van der Waals surface area contributed by atoms with E-state index in [1.807, 2.05) is 19.9 Å². The number of methoxy groups -OCH3 is 1. The standard InChI is InChI=1S/C37H48O4/c1-26-22-32(23-27(2)36(26)40-6)35(31-19-15-13-16-20-31)33-24-28(3)37(29(4)25-33)41-34(39)21-17-12-10-8-7-9-11-14-18-30(5)38/h13,15-16,19-20,22-25,35H,7-12,14,17-18,21H2,1-6H3. The average Bonchev–Trinajstić information content (AvgIpc) is 2.92. The van der Waals surface area contributed by atoms with Crippen LogP contribution in [0, 0.1) is 27.7 Å². The maximum absolute atomic E-state index is 12.7. The molecule has 0 aromatic heterocycles. The minimum atomic E-state index is -0.158. The van der Waals surface area contributed by atoms with Gasteiger partial charge in [-0.05, 0) is 86.4 Å². The Labute approximate surface area is 247 Å². The van der Waals surface area contributed by atoms with Gasteiger partial charge in [0.1, 0.15) is 17.3 Å². The van der Waals surface area contributed by atoms with Crippen molar-refractivity contribution in [3.63, 3.8) is 0 Å². The van der Waals surface area contributed by atoms with Crippen LogP contribution in [0.2, 0.25) is 0 Å². The van der Waals surface area contributed by atoms with Gasteiger partial charge in [0.2, 0.25) is 0 Å². The molecule has 0 aliphatic carbocycles. The second kappa shape index (κ2) is 16.1. The summed E-state index contributed by atoms with van der Waals surface area (Å²) in [5, 5.41) is 0. The van der Waals surface area contributed by atoms with E-state index in [2.05, 4.69) is 62.4 Å².